The van der Waals surface area contributed by atoms with Crippen LogP contribution in [0.25, 0.3) is 5.57 Å². The molecule has 2 aromatic heterocycles. The standard InChI is InChI=1S/C35H43F4N9O2/c1-22-19-48(20-23(2)45(22)4)31-15-29(36)26(13-30(31)43-33(50)27-18-40-32(49)14-28(27)35(37,38)39)25-5-7-47(8-6-25)34-41-16-24(17-42-34)21-46-11-9-44(3)10-12-46/h5,13-18,22-23H,6-12,19-21H2,1-4H3,(H,40,49)(H,43,50). The largest absolute Gasteiger partial charge is 0.417 e. The molecule has 3 aliphatic heterocycles. The topological polar surface area (TPSA) is 104 Å². The third-order valence-electron chi connectivity index (χ3n) is 10.0. The van der Waals surface area contributed by atoms with E-state index in [0.29, 0.717) is 55.9 Å². The Balaban J connectivity index is 1.25. The number of H-pyrrole nitrogens is 1. The van der Waals surface area contributed by atoms with Crippen LogP contribution < -0.4 is 20.7 Å². The molecule has 0 bridgehead atoms. The van der Waals surface area contributed by atoms with Gasteiger partial charge in [0.1, 0.15) is 5.82 Å². The van der Waals surface area contributed by atoms with Crippen molar-refractivity contribution in [1.82, 2.24) is 29.7 Å². The van der Waals surface area contributed by atoms with Crippen LogP contribution in [0.5, 0.6) is 0 Å². The lowest BCUT2D eigenvalue weighted by atomic mass is 9.97. The smallest absolute Gasteiger partial charge is 0.367 e. The Bertz CT molecular complexity index is 1780. The second-order valence-corrected chi connectivity index (χ2v) is 13.6. The Labute approximate surface area is 288 Å². The average Bonchev–Trinajstić information content (AvgIpc) is 3.08. The monoisotopic (exact) mass is 697 g/mol. The summed E-state index contributed by atoms with van der Waals surface area (Å²) < 4.78 is 57.5. The maximum atomic E-state index is 16.0. The highest BCUT2D eigenvalue weighted by Gasteiger charge is 2.36. The number of halogens is 4. The van der Waals surface area contributed by atoms with Gasteiger partial charge in [-0.2, -0.15) is 13.2 Å². The number of pyridine rings is 1. The molecule has 0 aliphatic carbocycles. The van der Waals surface area contributed by atoms with Gasteiger partial charge in [-0.1, -0.05) is 6.08 Å². The fourth-order valence-electron chi connectivity index (χ4n) is 6.81. The summed E-state index contributed by atoms with van der Waals surface area (Å²) in [6.45, 7) is 10.9. The SMILES string of the molecule is CC1CN(c2cc(F)c(C3=CCN(c4ncc(CN5CCN(C)CC5)cn4)CC3)cc2NC(=O)c2c[nH]c(=O)cc2C(F)(F)F)CC(C)N1C. The van der Waals surface area contributed by atoms with Crippen molar-refractivity contribution < 1.29 is 22.4 Å². The van der Waals surface area contributed by atoms with Crippen molar-refractivity contribution in [2.24, 2.45) is 0 Å². The second-order valence-electron chi connectivity index (χ2n) is 13.6. The van der Waals surface area contributed by atoms with E-state index in [1.54, 1.807) is 0 Å². The van der Waals surface area contributed by atoms with Gasteiger partial charge in [-0.05, 0) is 52.1 Å². The molecule has 2 fully saturated rings. The summed E-state index contributed by atoms with van der Waals surface area (Å²) in [4.78, 5) is 47.4. The molecule has 268 valence electrons. The third-order valence-corrected chi connectivity index (χ3v) is 10.0. The lowest BCUT2D eigenvalue weighted by molar-refractivity contribution is -0.138. The number of carbonyl (C=O) groups excluding carboxylic acids is 1. The first-order valence-corrected chi connectivity index (χ1v) is 16.8. The molecule has 0 spiro atoms. The number of rotatable bonds is 7. The molecule has 6 rings (SSSR count). The van der Waals surface area contributed by atoms with E-state index in [2.05, 4.69) is 42.0 Å². The number of aromatic nitrogens is 3. The number of nitrogens with zero attached hydrogens (tertiary/aromatic N) is 7. The van der Waals surface area contributed by atoms with E-state index in [1.807, 2.05) is 49.2 Å². The van der Waals surface area contributed by atoms with Crippen LogP contribution in [0.2, 0.25) is 0 Å². The molecule has 2 N–H and O–H groups in total. The van der Waals surface area contributed by atoms with Gasteiger partial charge in [0.25, 0.3) is 5.91 Å². The van der Waals surface area contributed by atoms with Crippen LogP contribution in [-0.2, 0) is 12.7 Å². The Kier molecular flexibility index (Phi) is 10.3. The van der Waals surface area contributed by atoms with Gasteiger partial charge >= 0.3 is 6.18 Å². The quantitative estimate of drug-likeness (QED) is 0.353. The van der Waals surface area contributed by atoms with Gasteiger partial charge in [0.05, 0.1) is 22.5 Å². The van der Waals surface area contributed by atoms with E-state index in [-0.39, 0.29) is 23.3 Å². The maximum absolute atomic E-state index is 16.0. The fraction of sp³-hybridized carbons (Fsp3) is 0.486. The van der Waals surface area contributed by atoms with Crippen molar-refractivity contribution in [3.8, 4) is 0 Å². The minimum absolute atomic E-state index is 0.0937. The lowest BCUT2D eigenvalue weighted by Gasteiger charge is -2.44. The van der Waals surface area contributed by atoms with Crippen molar-refractivity contribution in [1.29, 1.82) is 0 Å². The number of nitrogens with one attached hydrogen (secondary N) is 2. The van der Waals surface area contributed by atoms with E-state index < -0.39 is 34.6 Å². The van der Waals surface area contributed by atoms with Crippen LogP contribution in [0.3, 0.4) is 0 Å². The van der Waals surface area contributed by atoms with Crippen LogP contribution in [0.4, 0.5) is 34.9 Å². The van der Waals surface area contributed by atoms with Crippen molar-refractivity contribution in [2.45, 2.75) is 45.1 Å². The molecule has 2 unspecified atom stereocenters. The summed E-state index contributed by atoms with van der Waals surface area (Å²) in [5.74, 6) is -0.994. The Morgan fingerprint density at radius 2 is 1.66 bits per heavy atom. The Morgan fingerprint density at radius 1 is 0.980 bits per heavy atom. The van der Waals surface area contributed by atoms with Gasteiger partial charge in [0.15, 0.2) is 0 Å². The zero-order chi connectivity index (χ0) is 35.7. The first-order chi connectivity index (χ1) is 23.8. The lowest BCUT2D eigenvalue weighted by Crippen LogP contribution is -2.55. The summed E-state index contributed by atoms with van der Waals surface area (Å²) in [7, 11) is 4.12. The van der Waals surface area contributed by atoms with Gasteiger partial charge in [-0.3, -0.25) is 19.4 Å². The van der Waals surface area contributed by atoms with Gasteiger partial charge in [-0.15, -0.1) is 0 Å². The molecule has 3 aromatic rings. The van der Waals surface area contributed by atoms with Crippen molar-refractivity contribution in [3.05, 3.63) is 81.3 Å². The molecule has 5 heterocycles. The minimum atomic E-state index is -4.94. The Hall–Kier alpha value is -4.34. The summed E-state index contributed by atoms with van der Waals surface area (Å²) in [6, 6.07) is 3.40. The molecule has 2 atom stereocenters. The van der Waals surface area contributed by atoms with E-state index in [0.717, 1.165) is 44.5 Å². The number of benzene rings is 1. The van der Waals surface area contributed by atoms with Gasteiger partial charge in [0.2, 0.25) is 11.5 Å². The average molecular weight is 698 g/mol. The first-order valence-electron chi connectivity index (χ1n) is 16.8. The number of likely N-dealkylation sites (N-methyl/N-ethyl adjacent to an activating group) is 2. The molecule has 3 aliphatic rings. The molecule has 2 saturated heterocycles. The molecule has 1 amide bonds. The zero-order valence-corrected chi connectivity index (χ0v) is 28.7. The molecule has 1 aromatic carbocycles. The molecule has 0 saturated carbocycles. The maximum Gasteiger partial charge on any atom is 0.417 e. The number of hydrogen-bond donors (Lipinski definition) is 2. The number of amides is 1. The summed E-state index contributed by atoms with van der Waals surface area (Å²) >= 11 is 0. The van der Waals surface area contributed by atoms with Crippen LogP contribution >= 0.6 is 0 Å². The van der Waals surface area contributed by atoms with E-state index in [4.69, 9.17) is 0 Å². The van der Waals surface area contributed by atoms with Crippen LogP contribution in [0.1, 0.15) is 47.3 Å². The van der Waals surface area contributed by atoms with Crippen LogP contribution in [0.15, 0.2) is 47.7 Å². The number of piperazine rings is 2. The predicted octanol–water partition coefficient (Wildman–Crippen LogP) is 4.15. The van der Waals surface area contributed by atoms with Gasteiger partial charge < -0.3 is 25.0 Å². The normalized spacial score (nSPS) is 21.3. The van der Waals surface area contributed by atoms with Crippen molar-refractivity contribution >= 4 is 28.8 Å². The highest BCUT2D eigenvalue weighted by atomic mass is 19.4. The van der Waals surface area contributed by atoms with E-state index in [9.17, 15) is 22.8 Å². The van der Waals surface area contributed by atoms with Crippen LogP contribution in [0, 0.1) is 5.82 Å². The zero-order valence-electron chi connectivity index (χ0n) is 28.7. The number of aromatic amines is 1. The molecule has 11 nitrogen and oxygen atoms in total. The molecule has 0 radical (unpaired) electrons. The van der Waals surface area contributed by atoms with E-state index in [1.165, 1.54) is 12.1 Å². The molecule has 50 heavy (non-hydrogen) atoms. The molecular formula is C35H43F4N9O2. The summed E-state index contributed by atoms with van der Waals surface area (Å²) in [6.07, 6.45) is 1.85. The predicted molar refractivity (Wildman–Crippen MR) is 185 cm³/mol. The van der Waals surface area contributed by atoms with Crippen molar-refractivity contribution in [3.63, 3.8) is 0 Å². The van der Waals surface area contributed by atoms with Gasteiger partial charge in [0, 0.05) is 107 Å². The first kappa shape index (κ1) is 35.5. The molecule has 15 heteroatoms. The summed E-state index contributed by atoms with van der Waals surface area (Å²) in [5, 5.41) is 2.63. The molecular weight excluding hydrogens is 654 g/mol. The highest BCUT2D eigenvalue weighted by molar-refractivity contribution is 6.07. The second kappa shape index (κ2) is 14.5. The van der Waals surface area contributed by atoms with Crippen molar-refractivity contribution in [2.75, 3.05) is 81.6 Å². The number of alkyl halides is 3. The van der Waals surface area contributed by atoms with Crippen LogP contribution in [-0.4, -0.2) is 114 Å². The minimum Gasteiger partial charge on any atom is -0.367 e. The highest BCUT2D eigenvalue weighted by Crippen LogP contribution is 2.37. The third kappa shape index (κ3) is 7.84. The number of anilines is 3. The number of carbonyl (C=O) groups is 1. The fourth-order valence-corrected chi connectivity index (χ4v) is 6.81. The Morgan fingerprint density at radius 3 is 2.28 bits per heavy atom. The van der Waals surface area contributed by atoms with Gasteiger partial charge in [-0.25, -0.2) is 14.4 Å². The summed E-state index contributed by atoms with van der Waals surface area (Å²) in [5.41, 5.74) is -0.538. The number of hydrogen-bond acceptors (Lipinski definition) is 9. The van der Waals surface area contributed by atoms with E-state index >= 15 is 4.39 Å².